The van der Waals surface area contributed by atoms with Crippen molar-refractivity contribution in [3.05, 3.63) is 88.2 Å². The van der Waals surface area contributed by atoms with Crippen molar-refractivity contribution in [2.75, 3.05) is 5.32 Å². The number of nitrogens with one attached hydrogen (secondary N) is 1. The van der Waals surface area contributed by atoms with E-state index in [0.29, 0.717) is 21.3 Å². The van der Waals surface area contributed by atoms with Gasteiger partial charge in [-0.25, -0.2) is 4.98 Å². The molecule has 6 nitrogen and oxygen atoms in total. The lowest BCUT2D eigenvalue weighted by Gasteiger charge is -2.22. The molecule has 0 aliphatic carbocycles. The van der Waals surface area contributed by atoms with Crippen LogP contribution in [0.2, 0.25) is 0 Å². The maximum Gasteiger partial charge on any atom is 0.292 e. The maximum atomic E-state index is 12.6. The number of amides is 1. The van der Waals surface area contributed by atoms with Gasteiger partial charge in [-0.2, -0.15) is 5.26 Å². The second-order valence-electron chi connectivity index (χ2n) is 7.22. The number of ether oxygens (including phenoxy) is 1. The van der Waals surface area contributed by atoms with E-state index in [1.54, 1.807) is 18.2 Å². The molecule has 1 atom stereocenters. The van der Waals surface area contributed by atoms with Crippen LogP contribution in [0.25, 0.3) is 22.2 Å². The van der Waals surface area contributed by atoms with Crippen molar-refractivity contribution < 1.29 is 13.9 Å². The molecule has 0 saturated carbocycles. The van der Waals surface area contributed by atoms with E-state index in [1.165, 1.54) is 28.9 Å². The van der Waals surface area contributed by atoms with Gasteiger partial charge in [0.05, 0.1) is 16.7 Å². The minimum atomic E-state index is -0.371. The standard InChI is InChI=1S/C25H17N3O3S2/c1-15-17(12-16-6-2-3-7-19(16)31-15)13-18(14-26)24-27-22(21-9-5-11-32-21)25(33-24)28-23(29)20-8-4-10-30-20/h2-13,15H,1H3,(H,28,29)/b18-13+. The van der Waals surface area contributed by atoms with E-state index in [9.17, 15) is 10.1 Å². The lowest BCUT2D eigenvalue weighted by molar-refractivity contribution is 0.0997. The molecule has 162 valence electrons. The van der Waals surface area contributed by atoms with Crippen molar-refractivity contribution in [1.29, 1.82) is 5.26 Å². The third-order valence-corrected chi connectivity index (χ3v) is 6.91. The minimum Gasteiger partial charge on any atom is -0.485 e. The molecule has 0 saturated heterocycles. The molecule has 4 heterocycles. The number of allylic oxidation sites excluding steroid dienone is 1. The summed E-state index contributed by atoms with van der Waals surface area (Å²) in [5.74, 6) is 0.650. The number of aromatic nitrogens is 1. The molecule has 0 bridgehead atoms. The van der Waals surface area contributed by atoms with Gasteiger partial charge in [-0.05, 0) is 54.3 Å². The summed E-state index contributed by atoms with van der Waals surface area (Å²) in [4.78, 5) is 18.2. The predicted octanol–water partition coefficient (Wildman–Crippen LogP) is 6.49. The Labute approximate surface area is 198 Å². The number of nitriles is 1. The Morgan fingerprint density at radius 1 is 1.21 bits per heavy atom. The SMILES string of the molecule is CC1Oc2ccccc2C=C1/C=C(\C#N)c1nc(-c2cccs2)c(NC(=O)c2ccco2)s1. The fraction of sp³-hybridized carbons (Fsp3) is 0.0800. The molecule has 0 fully saturated rings. The quantitative estimate of drug-likeness (QED) is 0.336. The normalized spacial score (nSPS) is 15.2. The molecule has 1 aromatic carbocycles. The molecular formula is C25H17N3O3S2. The number of hydrogen-bond donors (Lipinski definition) is 1. The zero-order valence-electron chi connectivity index (χ0n) is 17.4. The van der Waals surface area contributed by atoms with Gasteiger partial charge >= 0.3 is 0 Å². The van der Waals surface area contributed by atoms with E-state index in [-0.39, 0.29) is 17.8 Å². The number of anilines is 1. The van der Waals surface area contributed by atoms with Crippen molar-refractivity contribution in [3.63, 3.8) is 0 Å². The first-order valence-corrected chi connectivity index (χ1v) is 11.8. The number of hydrogen-bond acceptors (Lipinski definition) is 7. The molecule has 5 rings (SSSR count). The number of carbonyl (C=O) groups is 1. The van der Waals surface area contributed by atoms with Gasteiger partial charge in [-0.3, -0.25) is 4.79 Å². The predicted molar refractivity (Wildman–Crippen MR) is 130 cm³/mol. The molecule has 1 amide bonds. The smallest absolute Gasteiger partial charge is 0.292 e. The minimum absolute atomic E-state index is 0.204. The van der Waals surface area contributed by atoms with Crippen molar-refractivity contribution in [2.24, 2.45) is 0 Å². The van der Waals surface area contributed by atoms with Crippen LogP contribution in [-0.2, 0) is 0 Å². The van der Waals surface area contributed by atoms with Crippen LogP contribution in [0.3, 0.4) is 0 Å². The van der Waals surface area contributed by atoms with E-state index in [1.807, 2.05) is 54.8 Å². The van der Waals surface area contributed by atoms with Crippen LogP contribution in [0.1, 0.15) is 28.0 Å². The maximum absolute atomic E-state index is 12.6. The monoisotopic (exact) mass is 471 g/mol. The molecule has 33 heavy (non-hydrogen) atoms. The third kappa shape index (κ3) is 4.24. The van der Waals surface area contributed by atoms with Crippen LogP contribution < -0.4 is 10.1 Å². The summed E-state index contributed by atoms with van der Waals surface area (Å²) >= 11 is 2.77. The lowest BCUT2D eigenvalue weighted by Crippen LogP contribution is -2.17. The van der Waals surface area contributed by atoms with Gasteiger partial charge < -0.3 is 14.5 Å². The van der Waals surface area contributed by atoms with Crippen molar-refractivity contribution in [2.45, 2.75) is 13.0 Å². The highest BCUT2D eigenvalue weighted by molar-refractivity contribution is 7.18. The van der Waals surface area contributed by atoms with Gasteiger partial charge in [0, 0.05) is 5.56 Å². The number of furan rings is 1. The summed E-state index contributed by atoms with van der Waals surface area (Å²) in [6.07, 6.45) is 5.06. The van der Waals surface area contributed by atoms with Crippen molar-refractivity contribution in [1.82, 2.24) is 4.98 Å². The van der Waals surface area contributed by atoms with E-state index in [0.717, 1.165) is 21.8 Å². The fourth-order valence-corrected chi connectivity index (χ4v) is 5.13. The second-order valence-corrected chi connectivity index (χ2v) is 9.16. The number of thiophene rings is 1. The Balaban J connectivity index is 1.53. The molecule has 1 unspecified atom stereocenters. The highest BCUT2D eigenvalue weighted by atomic mass is 32.1. The first-order valence-electron chi connectivity index (χ1n) is 10.1. The van der Waals surface area contributed by atoms with Gasteiger partial charge in [0.15, 0.2) is 5.76 Å². The number of carbonyl (C=O) groups excluding carboxylic acids is 1. The Morgan fingerprint density at radius 3 is 2.85 bits per heavy atom. The van der Waals surface area contributed by atoms with Crippen LogP contribution in [0, 0.1) is 11.3 Å². The van der Waals surface area contributed by atoms with Gasteiger partial charge in [0.1, 0.15) is 33.6 Å². The number of nitrogens with zero attached hydrogens (tertiary/aromatic N) is 2. The zero-order valence-corrected chi connectivity index (χ0v) is 19.1. The number of thiazole rings is 1. The second kappa shape index (κ2) is 8.90. The number of benzene rings is 1. The number of para-hydroxylation sites is 1. The third-order valence-electron chi connectivity index (χ3n) is 5.03. The molecule has 0 radical (unpaired) electrons. The van der Waals surface area contributed by atoms with Crippen LogP contribution >= 0.6 is 22.7 Å². The van der Waals surface area contributed by atoms with Gasteiger partial charge in [-0.15, -0.1) is 11.3 Å². The first kappa shape index (κ1) is 20.9. The summed E-state index contributed by atoms with van der Waals surface area (Å²) in [7, 11) is 0. The molecule has 1 aliphatic heterocycles. The summed E-state index contributed by atoms with van der Waals surface area (Å²) in [5, 5.41) is 15.8. The summed E-state index contributed by atoms with van der Waals surface area (Å²) in [6, 6.07) is 17.1. The first-order chi connectivity index (χ1) is 16.1. The molecule has 1 aliphatic rings. The molecule has 4 aromatic rings. The zero-order chi connectivity index (χ0) is 22.8. The fourth-order valence-electron chi connectivity index (χ4n) is 3.40. The molecular weight excluding hydrogens is 454 g/mol. The van der Waals surface area contributed by atoms with Crippen LogP contribution in [0.15, 0.2) is 76.2 Å². The summed E-state index contributed by atoms with van der Waals surface area (Å²) < 4.78 is 11.2. The van der Waals surface area contributed by atoms with E-state index >= 15 is 0 Å². The Kier molecular flexibility index (Phi) is 5.65. The summed E-state index contributed by atoms with van der Waals surface area (Å²) in [6.45, 7) is 1.95. The van der Waals surface area contributed by atoms with Crippen molar-refractivity contribution >= 4 is 45.2 Å². The summed E-state index contributed by atoms with van der Waals surface area (Å²) in [5.41, 5.74) is 2.86. The molecule has 8 heteroatoms. The van der Waals surface area contributed by atoms with E-state index in [2.05, 4.69) is 11.4 Å². The van der Waals surface area contributed by atoms with E-state index in [4.69, 9.17) is 14.1 Å². The molecule has 1 N–H and O–H groups in total. The Hall–Kier alpha value is -3.93. The average molecular weight is 472 g/mol. The van der Waals surface area contributed by atoms with E-state index < -0.39 is 0 Å². The van der Waals surface area contributed by atoms with Crippen LogP contribution in [-0.4, -0.2) is 17.0 Å². The lowest BCUT2D eigenvalue weighted by atomic mass is 10.0. The Morgan fingerprint density at radius 2 is 2.09 bits per heavy atom. The van der Waals surface area contributed by atoms with Gasteiger partial charge in [0.2, 0.25) is 0 Å². The van der Waals surface area contributed by atoms with Gasteiger partial charge in [-0.1, -0.05) is 35.6 Å². The average Bonchev–Trinajstić information content (AvgIpc) is 3.59. The topological polar surface area (TPSA) is 88.1 Å². The molecule has 0 spiro atoms. The number of rotatable bonds is 5. The van der Waals surface area contributed by atoms with Crippen LogP contribution in [0.5, 0.6) is 5.75 Å². The van der Waals surface area contributed by atoms with Crippen molar-refractivity contribution in [3.8, 4) is 22.4 Å². The molecule has 3 aromatic heterocycles. The largest absolute Gasteiger partial charge is 0.485 e. The highest BCUT2D eigenvalue weighted by Gasteiger charge is 2.22. The number of fused-ring (bicyclic) bond motifs is 1. The Bertz CT molecular complexity index is 1410. The van der Waals surface area contributed by atoms with Gasteiger partial charge in [0.25, 0.3) is 5.91 Å². The highest BCUT2D eigenvalue weighted by Crippen LogP contribution is 2.39. The van der Waals surface area contributed by atoms with Crippen LogP contribution in [0.4, 0.5) is 5.00 Å².